The van der Waals surface area contributed by atoms with Crippen LogP contribution < -0.4 is 15.2 Å². The fourth-order valence-electron chi connectivity index (χ4n) is 4.50. The molecule has 2 aliphatic rings. The molecule has 0 aliphatic carbocycles. The van der Waals surface area contributed by atoms with E-state index in [1.807, 2.05) is 32.6 Å². The van der Waals surface area contributed by atoms with Gasteiger partial charge in [0.2, 0.25) is 0 Å². The molecule has 186 valence electrons. The topological polar surface area (TPSA) is 82.3 Å². The van der Waals surface area contributed by atoms with Crippen LogP contribution in [0.5, 0.6) is 11.5 Å². The molecule has 2 heterocycles. The molecule has 0 aromatic heterocycles. The number of phenolic OH excluding ortho intramolecular Hbond substituents is 2. The zero-order chi connectivity index (χ0) is 25.4. The normalized spacial score (nSPS) is 18.4. The van der Waals surface area contributed by atoms with E-state index < -0.39 is 6.04 Å². The molecular formula is C26H34FN5O3+2. The highest BCUT2D eigenvalue weighted by Gasteiger charge is 2.61. The SMILES string of the molecule is CC(C)N[N+](=O)C1=[C+]C(c2cc(C(C)C)c(O)cc2O)N1c1ccc(N2CCN(C)CC2)c(F)c1. The average Bonchev–Trinajstić information content (AvgIpc) is 2.74. The molecule has 2 aromatic rings. The number of phenols is 2. The van der Waals surface area contributed by atoms with Gasteiger partial charge in [-0.3, -0.25) is 0 Å². The second-order valence-corrected chi connectivity index (χ2v) is 9.87. The van der Waals surface area contributed by atoms with Crippen LogP contribution in [0.15, 0.2) is 36.2 Å². The molecule has 0 amide bonds. The fraction of sp³-hybridized carbons (Fsp3) is 0.462. The standard InChI is InChI=1S/C26H32FN5O3/c1-16(2)19-13-20(25(34)15-24(19)33)23-14-26(32(35)28-17(3)4)31(23)18-6-7-22(21(27)12-18)30-10-8-29(5)9-11-30/h6-7,12-13,15-17,23H,8-11H2,1-5H3,(H-2,28,33,34,35)/p+2. The Morgan fingerprint density at radius 3 is 2.34 bits per heavy atom. The lowest BCUT2D eigenvalue weighted by molar-refractivity contribution is -0.572. The van der Waals surface area contributed by atoms with Gasteiger partial charge in [0.25, 0.3) is 0 Å². The number of aromatic hydroxyl groups is 2. The summed E-state index contributed by atoms with van der Waals surface area (Å²) < 4.78 is 15.3. The lowest BCUT2D eigenvalue weighted by Crippen LogP contribution is -2.46. The van der Waals surface area contributed by atoms with Gasteiger partial charge in [0.1, 0.15) is 22.1 Å². The molecule has 2 aliphatic heterocycles. The smallest absolute Gasteiger partial charge is 0.508 e. The predicted octanol–water partition coefficient (Wildman–Crippen LogP) is 4.01. The van der Waals surface area contributed by atoms with Crippen LogP contribution in [0.25, 0.3) is 0 Å². The zero-order valence-electron chi connectivity index (χ0n) is 20.9. The number of likely N-dealkylation sites (N-methyl/N-ethyl adjacent to an activating group) is 1. The Balaban J connectivity index is 1.71. The number of hydrogen-bond donors (Lipinski definition) is 3. The van der Waals surface area contributed by atoms with Crippen molar-refractivity contribution >= 4 is 11.4 Å². The molecule has 1 unspecified atom stereocenters. The van der Waals surface area contributed by atoms with Gasteiger partial charge >= 0.3 is 17.9 Å². The Bertz CT molecular complexity index is 1140. The van der Waals surface area contributed by atoms with Gasteiger partial charge < -0.3 is 20.0 Å². The van der Waals surface area contributed by atoms with Crippen LogP contribution in [0.2, 0.25) is 0 Å². The molecule has 3 N–H and O–H groups in total. The second-order valence-electron chi connectivity index (χ2n) is 9.87. The number of benzene rings is 2. The molecule has 0 bridgehead atoms. The van der Waals surface area contributed by atoms with Crippen LogP contribution in [0, 0.1) is 16.8 Å². The average molecular weight is 484 g/mol. The summed E-state index contributed by atoms with van der Waals surface area (Å²) in [5.74, 6) is -0.272. The fourth-order valence-corrected chi connectivity index (χ4v) is 4.50. The maximum Gasteiger partial charge on any atom is 0.596 e. The number of hydrogen-bond acceptors (Lipinski definition) is 6. The summed E-state index contributed by atoms with van der Waals surface area (Å²) in [4.78, 5) is 19.3. The Labute approximate surface area is 205 Å². The summed E-state index contributed by atoms with van der Waals surface area (Å²) >= 11 is 0. The van der Waals surface area contributed by atoms with E-state index in [2.05, 4.69) is 23.4 Å². The van der Waals surface area contributed by atoms with Gasteiger partial charge in [-0.15, -0.1) is 4.90 Å². The van der Waals surface area contributed by atoms with E-state index >= 15 is 4.39 Å². The highest BCUT2D eigenvalue weighted by molar-refractivity contribution is 5.65. The van der Waals surface area contributed by atoms with Gasteiger partial charge in [0.05, 0.1) is 17.3 Å². The van der Waals surface area contributed by atoms with Crippen LogP contribution in [-0.2, 0) is 0 Å². The van der Waals surface area contributed by atoms with Crippen LogP contribution in [0.3, 0.4) is 0 Å². The van der Waals surface area contributed by atoms with Crippen molar-refractivity contribution in [2.75, 3.05) is 43.0 Å². The molecule has 1 saturated heterocycles. The van der Waals surface area contributed by atoms with E-state index in [4.69, 9.17) is 0 Å². The summed E-state index contributed by atoms with van der Waals surface area (Å²) in [6, 6.07) is 7.23. The lowest BCUT2D eigenvalue weighted by Gasteiger charge is -2.34. The number of nitrogens with zero attached hydrogens (tertiary/aromatic N) is 4. The van der Waals surface area contributed by atoms with Crippen molar-refractivity contribution in [2.24, 2.45) is 0 Å². The first-order chi connectivity index (χ1) is 16.6. The molecule has 0 saturated carbocycles. The minimum absolute atomic E-state index is 0.00539. The van der Waals surface area contributed by atoms with Crippen molar-refractivity contribution in [3.8, 4) is 11.5 Å². The van der Waals surface area contributed by atoms with Gasteiger partial charge in [-0.25, -0.2) is 9.82 Å². The van der Waals surface area contributed by atoms with E-state index in [0.29, 0.717) is 27.4 Å². The Morgan fingerprint density at radius 2 is 1.74 bits per heavy atom. The van der Waals surface area contributed by atoms with Gasteiger partial charge in [-0.05, 0) is 55.5 Å². The van der Waals surface area contributed by atoms with Crippen molar-refractivity contribution in [2.45, 2.75) is 45.7 Å². The van der Waals surface area contributed by atoms with Crippen LogP contribution in [-0.4, -0.2) is 59.3 Å². The Morgan fingerprint density at radius 1 is 1.06 bits per heavy atom. The zero-order valence-corrected chi connectivity index (χ0v) is 20.9. The van der Waals surface area contributed by atoms with Crippen molar-refractivity contribution < 1.29 is 19.5 Å². The van der Waals surface area contributed by atoms with Gasteiger partial charge in [0, 0.05) is 38.3 Å². The van der Waals surface area contributed by atoms with Crippen LogP contribution in [0.4, 0.5) is 15.8 Å². The molecular weight excluding hydrogens is 449 g/mol. The molecule has 2 aromatic carbocycles. The van der Waals surface area contributed by atoms with E-state index in [1.54, 1.807) is 23.1 Å². The third-order valence-electron chi connectivity index (χ3n) is 6.47. The number of nitrogens with one attached hydrogen (secondary N) is 1. The Hall–Kier alpha value is -3.42. The summed E-state index contributed by atoms with van der Waals surface area (Å²) in [7, 11) is 2.05. The van der Waals surface area contributed by atoms with E-state index in [1.165, 1.54) is 12.1 Å². The van der Waals surface area contributed by atoms with E-state index in [0.717, 1.165) is 26.2 Å². The predicted molar refractivity (Wildman–Crippen MR) is 134 cm³/mol. The molecule has 1 atom stereocenters. The van der Waals surface area contributed by atoms with Crippen molar-refractivity contribution in [1.29, 1.82) is 0 Å². The minimum atomic E-state index is -0.623. The molecule has 0 radical (unpaired) electrons. The number of hydrazine groups is 1. The second kappa shape index (κ2) is 9.68. The van der Waals surface area contributed by atoms with Crippen LogP contribution in [0.1, 0.15) is 50.8 Å². The lowest BCUT2D eigenvalue weighted by atomic mass is 9.92. The maximum absolute atomic E-state index is 15.3. The number of anilines is 2. The van der Waals surface area contributed by atoms with Crippen molar-refractivity contribution in [1.82, 2.24) is 10.3 Å². The van der Waals surface area contributed by atoms with Crippen LogP contribution >= 0.6 is 0 Å². The van der Waals surface area contributed by atoms with Gasteiger partial charge in [-0.1, -0.05) is 13.8 Å². The first-order valence-corrected chi connectivity index (χ1v) is 12.0. The monoisotopic (exact) mass is 483 g/mol. The van der Waals surface area contributed by atoms with Gasteiger partial charge in [-0.2, -0.15) is 0 Å². The van der Waals surface area contributed by atoms with E-state index in [-0.39, 0.29) is 35.1 Å². The highest BCUT2D eigenvalue weighted by atomic mass is 19.1. The molecule has 1 fully saturated rings. The summed E-state index contributed by atoms with van der Waals surface area (Å²) in [5, 5.41) is 20.9. The first kappa shape index (κ1) is 24.7. The maximum atomic E-state index is 15.3. The molecule has 35 heavy (non-hydrogen) atoms. The highest BCUT2D eigenvalue weighted by Crippen LogP contribution is 2.45. The quantitative estimate of drug-likeness (QED) is 0.312. The minimum Gasteiger partial charge on any atom is -0.508 e. The summed E-state index contributed by atoms with van der Waals surface area (Å²) in [6.07, 6.45) is 3.09. The third kappa shape index (κ3) is 4.88. The number of rotatable bonds is 7. The summed E-state index contributed by atoms with van der Waals surface area (Å²) in [6.45, 7) is 10.8. The van der Waals surface area contributed by atoms with E-state index in [9.17, 15) is 15.1 Å². The molecule has 0 spiro atoms. The largest absolute Gasteiger partial charge is 0.596 e. The van der Waals surface area contributed by atoms with Crippen molar-refractivity contribution in [3.63, 3.8) is 0 Å². The molecule has 9 heteroatoms. The first-order valence-electron chi connectivity index (χ1n) is 12.0. The third-order valence-corrected chi connectivity index (χ3v) is 6.47. The molecule has 8 nitrogen and oxygen atoms in total. The number of nitroso groups, excluding NO2 is 1. The van der Waals surface area contributed by atoms with Crippen molar-refractivity contribution in [3.05, 3.63) is 64.1 Å². The van der Waals surface area contributed by atoms with Gasteiger partial charge in [0.15, 0.2) is 5.82 Å². The Kier molecular flexibility index (Phi) is 6.83. The number of piperazine rings is 1. The summed E-state index contributed by atoms with van der Waals surface area (Å²) in [5.41, 5.74) is 4.94. The molecule has 4 rings (SSSR count). The number of halogens is 1.